The van der Waals surface area contributed by atoms with Gasteiger partial charge in [-0.05, 0) is 37.3 Å². The minimum absolute atomic E-state index is 0.191. The lowest BCUT2D eigenvalue weighted by molar-refractivity contribution is -0.118. The van der Waals surface area contributed by atoms with Crippen molar-refractivity contribution in [3.63, 3.8) is 0 Å². The van der Waals surface area contributed by atoms with Gasteiger partial charge in [0.15, 0.2) is 6.61 Å². The van der Waals surface area contributed by atoms with E-state index >= 15 is 0 Å². The Balaban J connectivity index is 1.81. The van der Waals surface area contributed by atoms with E-state index in [-0.39, 0.29) is 24.7 Å². The van der Waals surface area contributed by atoms with Crippen LogP contribution in [0.2, 0.25) is 5.02 Å². The van der Waals surface area contributed by atoms with E-state index < -0.39 is 5.97 Å². The van der Waals surface area contributed by atoms with Crippen molar-refractivity contribution < 1.29 is 19.1 Å². The number of halogens is 2. The second-order valence-electron chi connectivity index (χ2n) is 5.84. The number of anilines is 1. The number of hydrogen-bond donors (Lipinski definition) is 1. The van der Waals surface area contributed by atoms with Crippen molar-refractivity contribution in [2.24, 2.45) is 0 Å². The number of hydrogen-bond acceptors (Lipinski definition) is 5. The topological polar surface area (TPSA) is 64.6 Å². The first-order valence-electron chi connectivity index (χ1n) is 8.71. The number of carbonyl (C=O) groups excluding carboxylic acids is 2. The van der Waals surface area contributed by atoms with Crippen LogP contribution in [0.4, 0.5) is 5.00 Å². The standard InChI is InChI=1S/C21H17BrClNO4S/c1-2-27-21(26)19-16(15-5-3-4-6-17(15)23)12-29-20(19)24-18(25)11-28-14-9-7-13(22)8-10-14/h3-10,12H,2,11H2,1H3,(H,24,25). The highest BCUT2D eigenvalue weighted by molar-refractivity contribution is 9.10. The van der Waals surface area contributed by atoms with Gasteiger partial charge >= 0.3 is 5.97 Å². The fourth-order valence-electron chi connectivity index (χ4n) is 2.58. The fraction of sp³-hybridized carbons (Fsp3) is 0.143. The van der Waals surface area contributed by atoms with Crippen LogP contribution >= 0.6 is 38.9 Å². The normalized spacial score (nSPS) is 10.4. The zero-order valence-electron chi connectivity index (χ0n) is 15.4. The second-order valence-corrected chi connectivity index (χ2v) is 8.05. The first-order chi connectivity index (χ1) is 14.0. The molecule has 1 N–H and O–H groups in total. The zero-order chi connectivity index (χ0) is 20.8. The van der Waals surface area contributed by atoms with Crippen LogP contribution in [0.5, 0.6) is 5.75 Å². The van der Waals surface area contributed by atoms with Gasteiger partial charge in [0.05, 0.1) is 6.61 Å². The highest BCUT2D eigenvalue weighted by Crippen LogP contribution is 2.39. The van der Waals surface area contributed by atoms with E-state index in [0.29, 0.717) is 26.9 Å². The molecule has 150 valence electrons. The lowest BCUT2D eigenvalue weighted by Crippen LogP contribution is -2.21. The third-order valence-corrected chi connectivity index (χ3v) is 5.62. The van der Waals surface area contributed by atoms with Gasteiger partial charge in [-0.3, -0.25) is 4.79 Å². The number of rotatable bonds is 7. The van der Waals surface area contributed by atoms with Crippen LogP contribution in [0, 0.1) is 0 Å². The Bertz CT molecular complexity index is 1020. The van der Waals surface area contributed by atoms with Gasteiger partial charge in [0, 0.05) is 26.0 Å². The molecule has 0 aliphatic heterocycles. The summed E-state index contributed by atoms with van der Waals surface area (Å²) in [5, 5.41) is 5.42. The molecule has 5 nitrogen and oxygen atoms in total. The summed E-state index contributed by atoms with van der Waals surface area (Å²) >= 11 is 10.9. The van der Waals surface area contributed by atoms with E-state index in [1.807, 2.05) is 30.3 Å². The van der Waals surface area contributed by atoms with Crippen LogP contribution in [-0.4, -0.2) is 25.1 Å². The lowest BCUT2D eigenvalue weighted by Gasteiger charge is -2.10. The van der Waals surface area contributed by atoms with Crippen molar-refractivity contribution in [1.29, 1.82) is 0 Å². The van der Waals surface area contributed by atoms with Crippen LogP contribution < -0.4 is 10.1 Å². The molecule has 1 amide bonds. The summed E-state index contributed by atoms with van der Waals surface area (Å²) in [7, 11) is 0. The van der Waals surface area contributed by atoms with Gasteiger partial charge in [-0.2, -0.15) is 0 Å². The van der Waals surface area contributed by atoms with Gasteiger partial charge < -0.3 is 14.8 Å². The first-order valence-corrected chi connectivity index (χ1v) is 10.8. The monoisotopic (exact) mass is 493 g/mol. The molecule has 0 bridgehead atoms. The van der Waals surface area contributed by atoms with Gasteiger partial charge in [-0.15, -0.1) is 11.3 Å². The highest BCUT2D eigenvalue weighted by atomic mass is 79.9. The molecule has 0 aliphatic carbocycles. The SMILES string of the molecule is CCOC(=O)c1c(-c2ccccc2Cl)csc1NC(=O)COc1ccc(Br)cc1. The van der Waals surface area contributed by atoms with Gasteiger partial charge in [0.1, 0.15) is 16.3 Å². The van der Waals surface area contributed by atoms with E-state index in [4.69, 9.17) is 21.1 Å². The molecule has 0 saturated heterocycles. The van der Waals surface area contributed by atoms with Crippen molar-refractivity contribution in [1.82, 2.24) is 0 Å². The van der Waals surface area contributed by atoms with Crippen molar-refractivity contribution >= 4 is 55.7 Å². The van der Waals surface area contributed by atoms with Crippen LogP contribution in [0.15, 0.2) is 58.4 Å². The van der Waals surface area contributed by atoms with E-state index in [1.54, 1.807) is 30.5 Å². The number of amides is 1. The number of nitrogens with one attached hydrogen (secondary N) is 1. The molecule has 0 atom stereocenters. The Morgan fingerprint density at radius 2 is 1.83 bits per heavy atom. The summed E-state index contributed by atoms with van der Waals surface area (Å²) in [6.45, 7) is 1.75. The maximum atomic E-state index is 12.6. The largest absolute Gasteiger partial charge is 0.484 e. The van der Waals surface area contributed by atoms with Crippen LogP contribution in [0.3, 0.4) is 0 Å². The Morgan fingerprint density at radius 3 is 2.52 bits per heavy atom. The number of benzene rings is 2. The summed E-state index contributed by atoms with van der Waals surface area (Å²) in [6.07, 6.45) is 0. The van der Waals surface area contributed by atoms with E-state index in [2.05, 4.69) is 21.2 Å². The van der Waals surface area contributed by atoms with E-state index in [9.17, 15) is 9.59 Å². The van der Waals surface area contributed by atoms with Crippen molar-refractivity contribution in [3.8, 4) is 16.9 Å². The van der Waals surface area contributed by atoms with Crippen molar-refractivity contribution in [3.05, 3.63) is 69.0 Å². The molecule has 8 heteroatoms. The van der Waals surface area contributed by atoms with E-state index in [1.165, 1.54) is 11.3 Å². The third kappa shape index (κ3) is 5.38. The van der Waals surface area contributed by atoms with Crippen molar-refractivity contribution in [2.75, 3.05) is 18.5 Å². The molecule has 0 saturated carbocycles. The van der Waals surface area contributed by atoms with E-state index in [0.717, 1.165) is 4.47 Å². The maximum absolute atomic E-state index is 12.6. The smallest absolute Gasteiger partial charge is 0.341 e. The zero-order valence-corrected chi connectivity index (χ0v) is 18.6. The molecule has 1 heterocycles. The lowest BCUT2D eigenvalue weighted by atomic mass is 10.0. The van der Waals surface area contributed by atoms with Gasteiger partial charge in [0.2, 0.25) is 0 Å². The highest BCUT2D eigenvalue weighted by Gasteiger charge is 2.24. The summed E-state index contributed by atoms with van der Waals surface area (Å²) in [5.74, 6) is -0.337. The first kappa shape index (κ1) is 21.4. The van der Waals surface area contributed by atoms with Gasteiger partial charge in [-0.25, -0.2) is 4.79 Å². The fourth-order valence-corrected chi connectivity index (χ4v) is 4.04. The number of esters is 1. The van der Waals surface area contributed by atoms with Crippen molar-refractivity contribution in [2.45, 2.75) is 6.92 Å². The summed E-state index contributed by atoms with van der Waals surface area (Å²) in [4.78, 5) is 25.0. The molecule has 2 aromatic carbocycles. The molecule has 0 fully saturated rings. The van der Waals surface area contributed by atoms with Crippen LogP contribution in [0.25, 0.3) is 11.1 Å². The molecule has 0 spiro atoms. The van der Waals surface area contributed by atoms with Crippen LogP contribution in [-0.2, 0) is 9.53 Å². The quantitative estimate of drug-likeness (QED) is 0.408. The number of ether oxygens (including phenoxy) is 2. The molecule has 29 heavy (non-hydrogen) atoms. The summed E-state index contributed by atoms with van der Waals surface area (Å²) in [6, 6.07) is 14.3. The molecule has 3 rings (SSSR count). The van der Waals surface area contributed by atoms with Gasteiger partial charge in [-0.1, -0.05) is 45.7 Å². The molecule has 0 radical (unpaired) electrons. The maximum Gasteiger partial charge on any atom is 0.341 e. The third-order valence-electron chi connectivity index (χ3n) is 3.87. The molecule has 0 aliphatic rings. The molecular weight excluding hydrogens is 478 g/mol. The molecule has 3 aromatic rings. The number of thiophene rings is 1. The average Bonchev–Trinajstić information content (AvgIpc) is 3.11. The Morgan fingerprint density at radius 1 is 1.10 bits per heavy atom. The van der Waals surface area contributed by atoms with Crippen LogP contribution in [0.1, 0.15) is 17.3 Å². The molecular formula is C21H17BrClNO4S. The Kier molecular flexibility index (Phi) is 7.30. The number of carbonyl (C=O) groups is 2. The minimum atomic E-state index is -0.521. The Hall–Kier alpha value is -2.35. The summed E-state index contributed by atoms with van der Waals surface area (Å²) in [5.41, 5.74) is 1.59. The molecule has 1 aromatic heterocycles. The second kappa shape index (κ2) is 9.91. The average molecular weight is 495 g/mol. The summed E-state index contributed by atoms with van der Waals surface area (Å²) < 4.78 is 11.6. The minimum Gasteiger partial charge on any atom is -0.484 e. The predicted molar refractivity (Wildman–Crippen MR) is 119 cm³/mol. The Labute approximate surface area is 185 Å². The predicted octanol–water partition coefficient (Wildman–Crippen LogP) is 6.03. The molecule has 0 unspecified atom stereocenters. The van der Waals surface area contributed by atoms with Gasteiger partial charge in [0.25, 0.3) is 5.91 Å².